The average Bonchev–Trinajstić information content (AvgIpc) is 3.16. The van der Waals surface area contributed by atoms with Crippen LogP contribution in [0.15, 0.2) is 70.4 Å². The zero-order chi connectivity index (χ0) is 25.7. The number of carbonyl (C=O) groups excluding carboxylic acids is 1. The lowest BCUT2D eigenvalue weighted by atomic mass is 10.0. The molecule has 182 valence electrons. The van der Waals surface area contributed by atoms with Crippen molar-refractivity contribution in [2.45, 2.75) is 26.3 Å². The van der Waals surface area contributed by atoms with Crippen LogP contribution in [-0.2, 0) is 24.8 Å². The number of amides is 1. The van der Waals surface area contributed by atoms with Crippen LogP contribution < -0.4 is 10.9 Å². The molecule has 0 atom stereocenters. The van der Waals surface area contributed by atoms with E-state index in [0.29, 0.717) is 39.3 Å². The molecule has 0 spiro atoms. The van der Waals surface area contributed by atoms with Crippen LogP contribution in [0.3, 0.4) is 0 Å². The summed E-state index contributed by atoms with van der Waals surface area (Å²) in [6.07, 6.45) is 3.40. The molecule has 2 heterocycles. The van der Waals surface area contributed by atoms with Gasteiger partial charge < -0.3 is 5.32 Å². The zero-order valence-electron chi connectivity index (χ0n) is 20.2. The third-order valence-corrected chi connectivity index (χ3v) is 7.52. The first-order valence-electron chi connectivity index (χ1n) is 11.6. The molecule has 1 aliphatic heterocycles. The number of anilines is 1. The Hall–Kier alpha value is -3.67. The second-order valence-corrected chi connectivity index (χ2v) is 10.2. The van der Waals surface area contributed by atoms with Crippen LogP contribution in [0.5, 0.6) is 0 Å². The first-order chi connectivity index (χ1) is 17.4. The second kappa shape index (κ2) is 11.4. The molecule has 1 aromatic heterocycles. The summed E-state index contributed by atoms with van der Waals surface area (Å²) in [7, 11) is 1.63. The van der Waals surface area contributed by atoms with Gasteiger partial charge in [-0.25, -0.2) is 0 Å². The Bertz CT molecular complexity index is 1420. The van der Waals surface area contributed by atoms with Crippen LogP contribution in [0.25, 0.3) is 6.08 Å². The topological polar surface area (TPSA) is 78.1 Å². The smallest absolute Gasteiger partial charge is 0.270 e. The van der Waals surface area contributed by atoms with Crippen molar-refractivity contribution in [1.29, 1.82) is 5.26 Å². The fourth-order valence-corrected chi connectivity index (χ4v) is 5.43. The van der Waals surface area contributed by atoms with E-state index in [2.05, 4.69) is 17.4 Å². The molecule has 6 nitrogen and oxygen atoms in total. The highest BCUT2D eigenvalue weighted by atomic mass is 32.2. The Labute approximate surface area is 220 Å². The number of pyridine rings is 1. The lowest BCUT2D eigenvalue weighted by Crippen LogP contribution is -2.29. The van der Waals surface area contributed by atoms with Crippen LogP contribution in [-0.4, -0.2) is 26.2 Å². The van der Waals surface area contributed by atoms with Gasteiger partial charge in [0.2, 0.25) is 0 Å². The van der Waals surface area contributed by atoms with E-state index < -0.39 is 0 Å². The highest BCUT2D eigenvalue weighted by molar-refractivity contribution is 8.26. The van der Waals surface area contributed by atoms with Gasteiger partial charge in [-0.15, -0.1) is 0 Å². The van der Waals surface area contributed by atoms with Crippen LogP contribution in [0.4, 0.5) is 5.82 Å². The SMILES string of the molecule is Cc1c(/C=C2\SC(=S)N(CCCc3ccccc3)C2=O)c(NCc2ccccc2)n(C)c(=O)c1C#N. The molecular weight excluding hydrogens is 488 g/mol. The van der Waals surface area contributed by atoms with Gasteiger partial charge in [0.15, 0.2) is 0 Å². The van der Waals surface area contributed by atoms with E-state index >= 15 is 0 Å². The summed E-state index contributed by atoms with van der Waals surface area (Å²) in [5.74, 6) is 0.397. The van der Waals surface area contributed by atoms with Gasteiger partial charge in [-0.3, -0.25) is 19.1 Å². The number of nitriles is 1. The van der Waals surface area contributed by atoms with Gasteiger partial charge in [-0.2, -0.15) is 5.26 Å². The molecule has 3 aromatic rings. The van der Waals surface area contributed by atoms with Crippen molar-refractivity contribution in [3.8, 4) is 6.07 Å². The van der Waals surface area contributed by atoms with Crippen molar-refractivity contribution in [3.63, 3.8) is 0 Å². The Kier molecular flexibility index (Phi) is 8.04. The third kappa shape index (κ3) is 5.43. The minimum absolute atomic E-state index is 0.0624. The molecule has 1 N–H and O–H groups in total. The Balaban J connectivity index is 1.62. The molecule has 0 aliphatic carbocycles. The first-order valence-corrected chi connectivity index (χ1v) is 12.8. The van der Waals surface area contributed by atoms with Crippen molar-refractivity contribution in [2.24, 2.45) is 7.05 Å². The molecule has 1 aliphatic rings. The number of carbonyl (C=O) groups is 1. The lowest BCUT2D eigenvalue weighted by Gasteiger charge is -2.18. The molecule has 0 bridgehead atoms. The van der Waals surface area contributed by atoms with Crippen molar-refractivity contribution in [1.82, 2.24) is 9.47 Å². The standard InChI is InChI=1S/C28H26N4O2S2/c1-19-22(25(31(2)26(33)23(19)17-29)30-18-21-12-7-4-8-13-21)16-24-27(34)32(28(35)36-24)15-9-14-20-10-5-3-6-11-20/h3-8,10-13,16,30H,9,14-15,18H2,1-2H3/b24-16-. The largest absolute Gasteiger partial charge is 0.367 e. The van der Waals surface area contributed by atoms with E-state index in [1.807, 2.05) is 54.6 Å². The predicted octanol–water partition coefficient (Wildman–Crippen LogP) is 5.01. The quantitative estimate of drug-likeness (QED) is 0.336. The molecule has 1 amide bonds. The molecule has 1 saturated heterocycles. The van der Waals surface area contributed by atoms with Gasteiger partial charge in [0.1, 0.15) is 21.8 Å². The maximum absolute atomic E-state index is 13.3. The molecule has 36 heavy (non-hydrogen) atoms. The molecule has 4 rings (SSSR count). The maximum atomic E-state index is 13.3. The number of aromatic nitrogens is 1. The van der Waals surface area contributed by atoms with E-state index in [1.54, 1.807) is 24.9 Å². The number of thioether (sulfide) groups is 1. The molecule has 2 aromatic carbocycles. The normalized spacial score (nSPS) is 14.4. The van der Waals surface area contributed by atoms with E-state index in [9.17, 15) is 14.9 Å². The molecule has 1 fully saturated rings. The van der Waals surface area contributed by atoms with Crippen LogP contribution in [0.1, 0.15) is 34.2 Å². The van der Waals surface area contributed by atoms with Gasteiger partial charge in [0.25, 0.3) is 11.5 Å². The summed E-state index contributed by atoms with van der Waals surface area (Å²) in [5.41, 5.74) is 3.11. The second-order valence-electron chi connectivity index (χ2n) is 8.50. The molecular formula is C28H26N4O2S2. The third-order valence-electron chi connectivity index (χ3n) is 6.14. The lowest BCUT2D eigenvalue weighted by molar-refractivity contribution is -0.122. The van der Waals surface area contributed by atoms with Crippen molar-refractivity contribution < 1.29 is 4.79 Å². The minimum Gasteiger partial charge on any atom is -0.367 e. The number of thiocarbonyl (C=S) groups is 1. The van der Waals surface area contributed by atoms with Gasteiger partial charge in [0, 0.05) is 25.7 Å². The number of rotatable bonds is 8. The molecule has 0 unspecified atom stereocenters. The number of nitrogens with one attached hydrogen (secondary N) is 1. The summed E-state index contributed by atoms with van der Waals surface area (Å²) >= 11 is 6.77. The summed E-state index contributed by atoms with van der Waals surface area (Å²) in [4.78, 5) is 28.2. The van der Waals surface area contributed by atoms with Crippen LogP contribution >= 0.6 is 24.0 Å². The summed E-state index contributed by atoms with van der Waals surface area (Å²) in [6, 6.07) is 22.0. The number of hydrogen-bond donors (Lipinski definition) is 1. The fourth-order valence-electron chi connectivity index (χ4n) is 4.14. The highest BCUT2D eigenvalue weighted by Crippen LogP contribution is 2.35. The van der Waals surface area contributed by atoms with Crippen LogP contribution in [0, 0.1) is 18.3 Å². The van der Waals surface area contributed by atoms with E-state index in [4.69, 9.17) is 12.2 Å². The van der Waals surface area contributed by atoms with E-state index in [-0.39, 0.29) is 17.0 Å². The van der Waals surface area contributed by atoms with Crippen molar-refractivity contribution in [3.05, 3.63) is 104 Å². The summed E-state index contributed by atoms with van der Waals surface area (Å²) < 4.78 is 1.95. The number of benzene rings is 2. The average molecular weight is 515 g/mol. The van der Waals surface area contributed by atoms with Gasteiger partial charge in [-0.05, 0) is 42.5 Å². The molecule has 0 radical (unpaired) electrons. The molecule has 0 saturated carbocycles. The first kappa shape index (κ1) is 25.4. The Morgan fingerprint density at radius 1 is 1.06 bits per heavy atom. The fraction of sp³-hybridized carbons (Fsp3) is 0.214. The monoisotopic (exact) mass is 514 g/mol. The van der Waals surface area contributed by atoms with Gasteiger partial charge in [-0.1, -0.05) is 84.6 Å². The van der Waals surface area contributed by atoms with Gasteiger partial charge in [0.05, 0.1) is 4.91 Å². The van der Waals surface area contributed by atoms with Gasteiger partial charge >= 0.3 is 0 Å². The summed E-state index contributed by atoms with van der Waals surface area (Å²) in [6.45, 7) is 2.76. The Morgan fingerprint density at radius 3 is 2.33 bits per heavy atom. The van der Waals surface area contributed by atoms with E-state index in [1.165, 1.54) is 21.9 Å². The summed E-state index contributed by atoms with van der Waals surface area (Å²) in [5, 5.41) is 13.0. The number of hydrogen-bond acceptors (Lipinski definition) is 6. The molecule has 8 heteroatoms. The predicted molar refractivity (Wildman–Crippen MR) is 150 cm³/mol. The Morgan fingerprint density at radius 2 is 1.69 bits per heavy atom. The maximum Gasteiger partial charge on any atom is 0.270 e. The zero-order valence-corrected chi connectivity index (χ0v) is 21.8. The van der Waals surface area contributed by atoms with Crippen molar-refractivity contribution in [2.75, 3.05) is 11.9 Å². The minimum atomic E-state index is -0.379. The number of nitrogens with zero attached hydrogens (tertiary/aromatic N) is 3. The van der Waals surface area contributed by atoms with E-state index in [0.717, 1.165) is 18.4 Å². The van der Waals surface area contributed by atoms with Crippen LogP contribution in [0.2, 0.25) is 0 Å². The number of aryl methyl sites for hydroxylation is 1. The van der Waals surface area contributed by atoms with Crippen molar-refractivity contribution >= 4 is 46.1 Å². The highest BCUT2D eigenvalue weighted by Gasteiger charge is 2.32.